The predicted octanol–water partition coefficient (Wildman–Crippen LogP) is 1.72. The number of amides is 1. The van der Waals surface area contributed by atoms with Crippen molar-refractivity contribution in [1.82, 2.24) is 5.32 Å². The lowest BCUT2D eigenvalue weighted by Gasteiger charge is -2.40. The zero-order chi connectivity index (χ0) is 12.7. The number of halogens is 3. The van der Waals surface area contributed by atoms with Crippen LogP contribution in [0.25, 0.3) is 0 Å². The zero-order valence-corrected chi connectivity index (χ0v) is 9.57. The first kappa shape index (κ1) is 12.7. The van der Waals surface area contributed by atoms with Crippen molar-refractivity contribution >= 4 is 5.91 Å². The molecule has 0 saturated heterocycles. The van der Waals surface area contributed by atoms with E-state index in [-0.39, 0.29) is 24.7 Å². The highest BCUT2D eigenvalue weighted by molar-refractivity contribution is 5.78. The SMILES string of the molecule is NCC1(CC(=O)NC2(C(F)(F)F)CC2)CCC1. The maximum atomic E-state index is 12.6. The van der Waals surface area contributed by atoms with E-state index in [0.29, 0.717) is 6.54 Å². The quantitative estimate of drug-likeness (QED) is 0.798. The molecule has 0 aliphatic heterocycles. The normalized spacial score (nSPS) is 24.9. The molecular formula is C11H17F3N2O. The molecule has 2 rings (SSSR count). The van der Waals surface area contributed by atoms with Crippen molar-refractivity contribution < 1.29 is 18.0 Å². The highest BCUT2D eigenvalue weighted by Gasteiger charge is 2.64. The minimum absolute atomic E-state index is 0.00212. The van der Waals surface area contributed by atoms with Gasteiger partial charge in [-0.3, -0.25) is 4.79 Å². The molecule has 1 amide bonds. The lowest BCUT2D eigenvalue weighted by molar-refractivity contribution is -0.171. The Hall–Kier alpha value is -0.780. The van der Waals surface area contributed by atoms with Crippen LogP contribution >= 0.6 is 0 Å². The van der Waals surface area contributed by atoms with Gasteiger partial charge in [0.05, 0.1) is 0 Å². The van der Waals surface area contributed by atoms with Crippen molar-refractivity contribution in [2.24, 2.45) is 11.1 Å². The summed E-state index contributed by atoms with van der Waals surface area (Å²) in [5, 5.41) is 2.15. The van der Waals surface area contributed by atoms with Crippen molar-refractivity contribution in [3.05, 3.63) is 0 Å². The number of hydrogen-bond acceptors (Lipinski definition) is 2. The first-order chi connectivity index (χ1) is 7.83. The van der Waals surface area contributed by atoms with Gasteiger partial charge in [0.25, 0.3) is 0 Å². The third-order valence-electron chi connectivity index (χ3n) is 4.05. The zero-order valence-electron chi connectivity index (χ0n) is 9.57. The molecule has 0 aromatic rings. The Balaban J connectivity index is 1.90. The number of rotatable bonds is 4. The lowest BCUT2D eigenvalue weighted by Crippen LogP contribution is -2.50. The molecule has 0 atom stereocenters. The molecule has 98 valence electrons. The lowest BCUT2D eigenvalue weighted by atomic mass is 9.66. The van der Waals surface area contributed by atoms with Crippen LogP contribution in [0.15, 0.2) is 0 Å². The maximum absolute atomic E-state index is 12.6. The van der Waals surface area contributed by atoms with E-state index in [1.54, 1.807) is 0 Å². The molecule has 0 aromatic heterocycles. The average molecular weight is 250 g/mol. The summed E-state index contributed by atoms with van der Waals surface area (Å²) in [6.07, 6.45) is -1.52. The molecule has 0 spiro atoms. The Labute approximate surface area is 97.9 Å². The molecule has 0 radical (unpaired) electrons. The molecule has 2 aliphatic carbocycles. The number of nitrogens with one attached hydrogen (secondary N) is 1. The molecule has 2 fully saturated rings. The van der Waals surface area contributed by atoms with Crippen molar-refractivity contribution in [1.29, 1.82) is 0 Å². The molecule has 0 heterocycles. The standard InChI is InChI=1S/C11H17F3N2O/c12-11(13,14)10(4-5-10)16-8(17)6-9(7-15)2-1-3-9/h1-7,15H2,(H,16,17). The highest BCUT2D eigenvalue weighted by atomic mass is 19.4. The maximum Gasteiger partial charge on any atom is 0.411 e. The Morgan fingerprint density at radius 1 is 1.24 bits per heavy atom. The number of carbonyl (C=O) groups is 1. The second-order valence-electron chi connectivity index (χ2n) is 5.36. The van der Waals surface area contributed by atoms with E-state index in [2.05, 4.69) is 5.32 Å². The van der Waals surface area contributed by atoms with E-state index in [0.717, 1.165) is 19.3 Å². The van der Waals surface area contributed by atoms with Gasteiger partial charge in [-0.2, -0.15) is 13.2 Å². The predicted molar refractivity (Wildman–Crippen MR) is 56.1 cm³/mol. The van der Waals surface area contributed by atoms with E-state index in [1.807, 2.05) is 0 Å². The van der Waals surface area contributed by atoms with E-state index in [1.165, 1.54) is 0 Å². The van der Waals surface area contributed by atoms with Gasteiger partial charge in [-0.05, 0) is 37.6 Å². The number of hydrogen-bond donors (Lipinski definition) is 2. The monoisotopic (exact) mass is 250 g/mol. The fraction of sp³-hybridized carbons (Fsp3) is 0.909. The van der Waals surface area contributed by atoms with Crippen LogP contribution in [-0.4, -0.2) is 24.2 Å². The fourth-order valence-electron chi connectivity index (χ4n) is 2.39. The number of nitrogens with two attached hydrogens (primary N) is 1. The summed E-state index contributed by atoms with van der Waals surface area (Å²) in [6.45, 7) is 0.374. The van der Waals surface area contributed by atoms with Crippen LogP contribution in [0.5, 0.6) is 0 Å². The minimum atomic E-state index is -4.34. The van der Waals surface area contributed by atoms with Gasteiger partial charge in [0.1, 0.15) is 5.54 Å². The third kappa shape index (κ3) is 2.27. The van der Waals surface area contributed by atoms with Crippen molar-refractivity contribution in [3.8, 4) is 0 Å². The van der Waals surface area contributed by atoms with Crippen molar-refractivity contribution in [3.63, 3.8) is 0 Å². The van der Waals surface area contributed by atoms with Crippen LogP contribution in [0.2, 0.25) is 0 Å². The fourth-order valence-corrected chi connectivity index (χ4v) is 2.39. The largest absolute Gasteiger partial charge is 0.411 e. The van der Waals surface area contributed by atoms with Crippen molar-refractivity contribution in [2.75, 3.05) is 6.54 Å². The summed E-state index contributed by atoms with van der Waals surface area (Å²) >= 11 is 0. The second kappa shape index (κ2) is 3.86. The van der Waals surface area contributed by atoms with Crippen LogP contribution in [0.3, 0.4) is 0 Å². The topological polar surface area (TPSA) is 55.1 Å². The van der Waals surface area contributed by atoms with E-state index < -0.39 is 17.6 Å². The minimum Gasteiger partial charge on any atom is -0.342 e. The van der Waals surface area contributed by atoms with Gasteiger partial charge in [-0.1, -0.05) is 6.42 Å². The molecule has 3 N–H and O–H groups in total. The Morgan fingerprint density at radius 3 is 2.12 bits per heavy atom. The summed E-state index contributed by atoms with van der Waals surface area (Å²) in [4.78, 5) is 11.6. The highest BCUT2D eigenvalue weighted by Crippen LogP contribution is 2.49. The Bertz CT molecular complexity index is 314. The number of alkyl halides is 3. The van der Waals surface area contributed by atoms with Crippen LogP contribution in [0.4, 0.5) is 13.2 Å². The van der Waals surface area contributed by atoms with Crippen LogP contribution in [0, 0.1) is 5.41 Å². The van der Waals surface area contributed by atoms with Gasteiger partial charge in [0.2, 0.25) is 5.91 Å². The van der Waals surface area contributed by atoms with E-state index in [9.17, 15) is 18.0 Å². The molecule has 3 nitrogen and oxygen atoms in total. The molecule has 0 unspecified atom stereocenters. The van der Waals surface area contributed by atoms with Gasteiger partial charge in [-0.15, -0.1) is 0 Å². The number of carbonyl (C=O) groups excluding carboxylic acids is 1. The van der Waals surface area contributed by atoms with Crippen molar-refractivity contribution in [2.45, 2.75) is 50.2 Å². The summed E-state index contributed by atoms with van der Waals surface area (Å²) in [7, 11) is 0. The van der Waals surface area contributed by atoms with E-state index >= 15 is 0 Å². The molecule has 2 saturated carbocycles. The Kier molecular flexibility index (Phi) is 2.88. The van der Waals surface area contributed by atoms with Gasteiger partial charge >= 0.3 is 6.18 Å². The summed E-state index contributed by atoms with van der Waals surface area (Å²) < 4.78 is 37.9. The molecule has 2 aliphatic rings. The summed E-state index contributed by atoms with van der Waals surface area (Å²) in [6, 6.07) is 0. The van der Waals surface area contributed by atoms with Crippen LogP contribution in [-0.2, 0) is 4.79 Å². The third-order valence-corrected chi connectivity index (χ3v) is 4.05. The van der Waals surface area contributed by atoms with Gasteiger partial charge in [-0.25, -0.2) is 0 Å². The first-order valence-corrected chi connectivity index (χ1v) is 5.90. The molecule has 17 heavy (non-hydrogen) atoms. The molecule has 0 bridgehead atoms. The molecule has 6 heteroatoms. The molecular weight excluding hydrogens is 233 g/mol. The van der Waals surface area contributed by atoms with Crippen LogP contribution < -0.4 is 11.1 Å². The van der Waals surface area contributed by atoms with Gasteiger partial charge < -0.3 is 11.1 Å². The summed E-state index contributed by atoms with van der Waals surface area (Å²) in [5.74, 6) is -0.509. The Morgan fingerprint density at radius 2 is 1.82 bits per heavy atom. The van der Waals surface area contributed by atoms with Gasteiger partial charge in [0, 0.05) is 6.42 Å². The first-order valence-electron chi connectivity index (χ1n) is 5.90. The second-order valence-corrected chi connectivity index (χ2v) is 5.36. The average Bonchev–Trinajstić information content (AvgIpc) is 2.91. The van der Waals surface area contributed by atoms with E-state index in [4.69, 9.17) is 5.73 Å². The molecule has 0 aromatic carbocycles. The summed E-state index contributed by atoms with van der Waals surface area (Å²) in [5.41, 5.74) is 3.39. The smallest absolute Gasteiger partial charge is 0.342 e. The van der Waals surface area contributed by atoms with Gasteiger partial charge in [0.15, 0.2) is 0 Å². The van der Waals surface area contributed by atoms with Crippen LogP contribution in [0.1, 0.15) is 38.5 Å².